The first-order chi connectivity index (χ1) is 18.3. The van der Waals surface area contributed by atoms with Crippen LogP contribution in [0.1, 0.15) is 32.1 Å². The predicted molar refractivity (Wildman–Crippen MR) is 139 cm³/mol. The van der Waals surface area contributed by atoms with Gasteiger partial charge in [0.1, 0.15) is 17.5 Å². The molecule has 1 saturated carbocycles. The van der Waals surface area contributed by atoms with Crippen LogP contribution in [0.3, 0.4) is 0 Å². The molecule has 2 aliphatic rings. The number of fused-ring (bicyclic) bond motifs is 1. The third kappa shape index (κ3) is 7.13. The lowest BCUT2D eigenvalue weighted by Gasteiger charge is -2.29. The number of carbonyl (C=O) groups excluding carboxylic acids is 3. The smallest absolute Gasteiger partial charge is 0.369 e. The molecular weight excluding hydrogens is 563 g/mol. The van der Waals surface area contributed by atoms with E-state index < -0.39 is 60.4 Å². The van der Waals surface area contributed by atoms with Gasteiger partial charge in [-0.05, 0) is 49.1 Å². The van der Waals surface area contributed by atoms with E-state index in [2.05, 4.69) is 10.6 Å². The third-order valence-electron chi connectivity index (χ3n) is 6.95. The van der Waals surface area contributed by atoms with Gasteiger partial charge in [-0.15, -0.1) is 0 Å². The van der Waals surface area contributed by atoms with Gasteiger partial charge < -0.3 is 21.3 Å². The van der Waals surface area contributed by atoms with E-state index in [1.165, 1.54) is 18.2 Å². The van der Waals surface area contributed by atoms with Crippen molar-refractivity contribution in [1.29, 1.82) is 0 Å². The number of primary amides is 1. The Labute approximate surface area is 232 Å². The minimum absolute atomic E-state index is 0.0718. The number of hydrogen-bond donors (Lipinski definition) is 3. The summed E-state index contributed by atoms with van der Waals surface area (Å²) in [5.41, 5.74) is 6.05. The summed E-state index contributed by atoms with van der Waals surface area (Å²) in [7, 11) is 0. The second-order valence-corrected chi connectivity index (χ2v) is 10.7. The Morgan fingerprint density at radius 2 is 1.85 bits per heavy atom. The summed E-state index contributed by atoms with van der Waals surface area (Å²) >= 11 is 12.2. The van der Waals surface area contributed by atoms with Crippen LogP contribution in [0.2, 0.25) is 10.0 Å². The number of nitrogens with zero attached hydrogens (tertiary/aromatic N) is 1. The van der Waals surface area contributed by atoms with Crippen molar-refractivity contribution in [2.45, 2.75) is 44.3 Å². The lowest BCUT2D eigenvalue weighted by Crippen LogP contribution is -2.52. The van der Waals surface area contributed by atoms with Gasteiger partial charge in [0.05, 0.1) is 22.3 Å². The highest BCUT2D eigenvalue weighted by Crippen LogP contribution is 2.41. The first-order valence-electron chi connectivity index (χ1n) is 12.3. The molecule has 210 valence electrons. The Morgan fingerprint density at radius 1 is 1.13 bits per heavy atom. The maximum Gasteiger partial charge on any atom is 0.389 e. The van der Waals surface area contributed by atoms with Crippen LogP contribution in [0.4, 0.5) is 34.6 Å². The van der Waals surface area contributed by atoms with Gasteiger partial charge >= 0.3 is 6.18 Å². The predicted octanol–water partition coefficient (Wildman–Crippen LogP) is 5.57. The van der Waals surface area contributed by atoms with Crippen molar-refractivity contribution < 1.29 is 31.9 Å². The highest BCUT2D eigenvalue weighted by Gasteiger charge is 2.41. The summed E-state index contributed by atoms with van der Waals surface area (Å²) in [4.78, 5) is 40.4. The largest absolute Gasteiger partial charge is 0.389 e. The van der Waals surface area contributed by atoms with Gasteiger partial charge in [0.15, 0.2) is 0 Å². The van der Waals surface area contributed by atoms with Crippen LogP contribution in [-0.4, -0.2) is 36.5 Å². The minimum Gasteiger partial charge on any atom is -0.369 e. The summed E-state index contributed by atoms with van der Waals surface area (Å²) in [6.45, 7) is -0.175. The fourth-order valence-electron chi connectivity index (χ4n) is 4.75. The number of nitrogens with two attached hydrogens (primary N) is 1. The normalized spacial score (nSPS) is 19.0. The van der Waals surface area contributed by atoms with Crippen molar-refractivity contribution in [2.75, 3.05) is 16.8 Å². The molecule has 1 aliphatic carbocycles. The molecule has 13 heteroatoms. The molecule has 1 aliphatic heterocycles. The fraction of sp³-hybridized carbons (Fsp3) is 0.423. The molecule has 2 aromatic carbocycles. The number of anilines is 3. The molecule has 0 unspecified atom stereocenters. The van der Waals surface area contributed by atoms with E-state index in [0.29, 0.717) is 5.69 Å². The zero-order valence-corrected chi connectivity index (χ0v) is 22.0. The average Bonchev–Trinajstić information content (AvgIpc) is 3.68. The maximum atomic E-state index is 14.8. The maximum absolute atomic E-state index is 14.8. The molecule has 7 nitrogen and oxygen atoms in total. The molecule has 0 spiro atoms. The highest BCUT2D eigenvalue weighted by molar-refractivity contribution is 6.42. The number of para-hydroxylation sites is 1. The van der Waals surface area contributed by atoms with Gasteiger partial charge in [0.2, 0.25) is 17.7 Å². The fourth-order valence-corrected chi connectivity index (χ4v) is 5.04. The van der Waals surface area contributed by atoms with Crippen molar-refractivity contribution in [1.82, 2.24) is 5.32 Å². The summed E-state index contributed by atoms with van der Waals surface area (Å²) < 4.78 is 53.6. The van der Waals surface area contributed by atoms with Gasteiger partial charge in [-0.1, -0.05) is 42.1 Å². The summed E-state index contributed by atoms with van der Waals surface area (Å²) in [5, 5.41) is 5.56. The van der Waals surface area contributed by atoms with E-state index in [1.807, 2.05) is 0 Å². The lowest BCUT2D eigenvalue weighted by atomic mass is 9.83. The van der Waals surface area contributed by atoms with E-state index in [1.54, 1.807) is 17.0 Å². The number of carbonyl (C=O) groups is 3. The molecule has 0 aromatic heterocycles. The van der Waals surface area contributed by atoms with E-state index in [-0.39, 0.29) is 40.3 Å². The van der Waals surface area contributed by atoms with Gasteiger partial charge in [0.25, 0.3) is 0 Å². The lowest BCUT2D eigenvalue weighted by molar-refractivity contribution is -0.146. The molecule has 4 N–H and O–H groups in total. The molecule has 3 amide bonds. The number of benzene rings is 2. The molecule has 0 radical (unpaired) electrons. The molecule has 2 aromatic rings. The van der Waals surface area contributed by atoms with Crippen LogP contribution in [0.15, 0.2) is 36.4 Å². The number of rotatable bonds is 9. The number of alkyl halides is 3. The van der Waals surface area contributed by atoms with E-state index >= 15 is 0 Å². The number of amides is 3. The first kappa shape index (κ1) is 28.9. The average molecular weight is 589 g/mol. The zero-order chi connectivity index (χ0) is 28.5. The number of halogens is 6. The topological polar surface area (TPSA) is 105 Å². The molecule has 3 atom stereocenters. The van der Waals surface area contributed by atoms with Crippen LogP contribution in [-0.2, 0) is 14.4 Å². The Morgan fingerprint density at radius 3 is 2.46 bits per heavy atom. The second-order valence-electron chi connectivity index (χ2n) is 9.84. The highest BCUT2D eigenvalue weighted by atomic mass is 35.5. The number of hydrogen-bond acceptors (Lipinski definition) is 4. The van der Waals surface area contributed by atoms with Gasteiger partial charge in [-0.3, -0.25) is 14.4 Å². The Bertz CT molecular complexity index is 1270. The van der Waals surface area contributed by atoms with Crippen molar-refractivity contribution in [3.63, 3.8) is 0 Å². The van der Waals surface area contributed by atoms with Gasteiger partial charge in [-0.2, -0.15) is 13.2 Å². The number of nitrogens with one attached hydrogen (secondary N) is 2. The first-order valence-corrected chi connectivity index (χ1v) is 13.1. The quantitative estimate of drug-likeness (QED) is 0.333. The SMILES string of the molecule is NC(=O)[C@H](CCC(F)(F)F)[C@H](CC1CC1)C(=O)N[C@H]1CN(c2ccc(Cl)c(Cl)c2)c2cccc(F)c2NC1=O. The molecular formula is C26H26Cl2F4N4O3. The van der Waals surface area contributed by atoms with Crippen LogP contribution in [0.25, 0.3) is 0 Å². The Kier molecular flexibility index (Phi) is 8.60. The van der Waals surface area contributed by atoms with E-state index in [4.69, 9.17) is 28.9 Å². The summed E-state index contributed by atoms with van der Waals surface area (Å²) in [5.74, 6) is -5.71. The van der Waals surface area contributed by atoms with Crippen molar-refractivity contribution in [2.24, 2.45) is 23.5 Å². The Balaban J connectivity index is 1.64. The van der Waals surface area contributed by atoms with E-state index in [0.717, 1.165) is 18.9 Å². The summed E-state index contributed by atoms with van der Waals surface area (Å²) in [6.07, 6.45) is -4.75. The van der Waals surface area contributed by atoms with Crippen molar-refractivity contribution in [3.05, 3.63) is 52.3 Å². The van der Waals surface area contributed by atoms with Crippen LogP contribution in [0.5, 0.6) is 0 Å². The van der Waals surface area contributed by atoms with Crippen molar-refractivity contribution in [3.8, 4) is 0 Å². The summed E-state index contributed by atoms with van der Waals surface area (Å²) in [6, 6.07) is 7.56. The molecule has 39 heavy (non-hydrogen) atoms. The van der Waals surface area contributed by atoms with E-state index in [9.17, 15) is 31.9 Å². The van der Waals surface area contributed by atoms with Crippen LogP contribution in [0, 0.1) is 23.6 Å². The molecule has 4 rings (SSSR count). The van der Waals surface area contributed by atoms with Gasteiger partial charge in [0, 0.05) is 23.9 Å². The third-order valence-corrected chi connectivity index (χ3v) is 7.69. The van der Waals surface area contributed by atoms with Crippen LogP contribution >= 0.6 is 23.2 Å². The molecule has 0 saturated heterocycles. The minimum atomic E-state index is -4.54. The molecule has 0 bridgehead atoms. The van der Waals surface area contributed by atoms with Crippen LogP contribution < -0.4 is 21.3 Å². The monoisotopic (exact) mass is 588 g/mol. The zero-order valence-electron chi connectivity index (χ0n) is 20.5. The van der Waals surface area contributed by atoms with Gasteiger partial charge in [-0.25, -0.2) is 4.39 Å². The molecule has 1 fully saturated rings. The standard InChI is InChI=1S/C26H26Cl2F4N4O3/c27-17-7-6-14(11-18(17)28)36-12-20(25(39)35-22-19(29)2-1-3-21(22)36)34-24(38)16(10-13-4-5-13)15(23(33)37)8-9-26(30,31)32/h1-3,6-7,11,13,15-16,20H,4-5,8-10,12H2,(H2,33,37)(H,34,38)(H,35,39)/t15-,16+,20+/m1/s1. The van der Waals surface area contributed by atoms with Crippen molar-refractivity contribution >= 4 is 58.0 Å². The Hall–Kier alpha value is -3.05. The molecule has 1 heterocycles. The second kappa shape index (κ2) is 11.6.